The highest BCUT2D eigenvalue weighted by Gasteiger charge is 2.22. The van der Waals surface area contributed by atoms with Gasteiger partial charge in [-0.2, -0.15) is 0 Å². The molecule has 1 saturated heterocycles. The second kappa shape index (κ2) is 12.4. The molecule has 200 valence electrons. The SMILES string of the molecule is COc1cc(CN(C(C)=O)c2ccc(N3CCOCC3)c(C(=O)O)c2)cc(Cl)c1OCc1ccccc1Cl. The molecule has 8 nitrogen and oxygen atoms in total. The van der Waals surface area contributed by atoms with Crippen molar-refractivity contribution in [2.45, 2.75) is 20.1 Å². The van der Waals surface area contributed by atoms with Crippen molar-refractivity contribution < 1.29 is 28.9 Å². The summed E-state index contributed by atoms with van der Waals surface area (Å²) in [5, 5.41) is 10.8. The van der Waals surface area contributed by atoms with Crippen molar-refractivity contribution in [3.05, 3.63) is 81.3 Å². The van der Waals surface area contributed by atoms with E-state index in [9.17, 15) is 14.7 Å². The minimum Gasteiger partial charge on any atom is -0.493 e. The van der Waals surface area contributed by atoms with Gasteiger partial charge in [0, 0.05) is 36.3 Å². The van der Waals surface area contributed by atoms with Gasteiger partial charge in [0.25, 0.3) is 0 Å². The van der Waals surface area contributed by atoms with Crippen LogP contribution in [-0.4, -0.2) is 50.4 Å². The van der Waals surface area contributed by atoms with Crippen molar-refractivity contribution in [3.8, 4) is 11.5 Å². The van der Waals surface area contributed by atoms with Crippen LogP contribution in [0.2, 0.25) is 10.0 Å². The molecule has 0 spiro atoms. The molecular weight excluding hydrogens is 531 g/mol. The molecule has 4 rings (SSSR count). The minimum absolute atomic E-state index is 0.120. The van der Waals surface area contributed by atoms with Gasteiger partial charge in [0.05, 0.1) is 43.1 Å². The Kier molecular flexibility index (Phi) is 8.99. The molecule has 0 unspecified atom stereocenters. The first kappa shape index (κ1) is 27.6. The number of carbonyl (C=O) groups excluding carboxylic acids is 1. The summed E-state index contributed by atoms with van der Waals surface area (Å²) in [5.74, 6) is -0.566. The predicted molar refractivity (Wildman–Crippen MR) is 147 cm³/mol. The zero-order chi connectivity index (χ0) is 27.2. The lowest BCUT2D eigenvalue weighted by molar-refractivity contribution is -0.116. The van der Waals surface area contributed by atoms with Gasteiger partial charge in [-0.1, -0.05) is 41.4 Å². The van der Waals surface area contributed by atoms with Crippen molar-refractivity contribution >= 4 is 46.5 Å². The third-order valence-corrected chi connectivity index (χ3v) is 6.86. The highest BCUT2D eigenvalue weighted by Crippen LogP contribution is 2.38. The summed E-state index contributed by atoms with van der Waals surface area (Å²) in [6, 6.07) is 15.8. The molecule has 3 aromatic rings. The largest absolute Gasteiger partial charge is 0.493 e. The quantitative estimate of drug-likeness (QED) is 0.362. The number of hydrogen-bond donors (Lipinski definition) is 1. The van der Waals surface area contributed by atoms with Gasteiger partial charge in [0.1, 0.15) is 6.61 Å². The van der Waals surface area contributed by atoms with Crippen LogP contribution < -0.4 is 19.3 Å². The van der Waals surface area contributed by atoms with Crippen molar-refractivity contribution in [2.24, 2.45) is 0 Å². The van der Waals surface area contributed by atoms with Gasteiger partial charge in [-0.05, 0) is 42.0 Å². The number of aromatic carboxylic acids is 1. The lowest BCUT2D eigenvalue weighted by Crippen LogP contribution is -2.37. The molecule has 0 aliphatic carbocycles. The lowest BCUT2D eigenvalue weighted by atomic mass is 10.1. The number of amides is 1. The molecule has 1 aliphatic heterocycles. The molecule has 1 heterocycles. The number of carboxylic acids is 1. The van der Waals surface area contributed by atoms with E-state index in [-0.39, 0.29) is 24.6 Å². The van der Waals surface area contributed by atoms with E-state index in [4.69, 9.17) is 37.4 Å². The zero-order valence-corrected chi connectivity index (χ0v) is 22.6. The summed E-state index contributed by atoms with van der Waals surface area (Å²) in [6.45, 7) is 4.02. The van der Waals surface area contributed by atoms with Crippen molar-refractivity contribution in [1.82, 2.24) is 0 Å². The number of hydrogen-bond acceptors (Lipinski definition) is 6. The van der Waals surface area contributed by atoms with Crippen LogP contribution in [0.25, 0.3) is 0 Å². The number of carbonyl (C=O) groups is 2. The van der Waals surface area contributed by atoms with E-state index in [0.29, 0.717) is 64.8 Å². The molecule has 1 aliphatic rings. The first-order chi connectivity index (χ1) is 18.3. The van der Waals surface area contributed by atoms with Gasteiger partial charge in [-0.15, -0.1) is 0 Å². The van der Waals surface area contributed by atoms with Crippen LogP contribution in [0.5, 0.6) is 11.5 Å². The molecule has 0 aromatic heterocycles. The Morgan fingerprint density at radius 2 is 1.79 bits per heavy atom. The van der Waals surface area contributed by atoms with Gasteiger partial charge in [-0.25, -0.2) is 4.79 Å². The Morgan fingerprint density at radius 1 is 1.05 bits per heavy atom. The number of anilines is 2. The summed E-state index contributed by atoms with van der Waals surface area (Å²) in [7, 11) is 1.50. The first-order valence-electron chi connectivity index (χ1n) is 12.0. The monoisotopic (exact) mass is 558 g/mol. The van der Waals surface area contributed by atoms with Gasteiger partial charge in [0.2, 0.25) is 5.91 Å². The van der Waals surface area contributed by atoms with E-state index in [1.54, 1.807) is 30.3 Å². The second-order valence-electron chi connectivity index (χ2n) is 8.70. The third-order valence-electron chi connectivity index (χ3n) is 6.21. The normalized spacial score (nSPS) is 13.2. The molecule has 3 aromatic carbocycles. The van der Waals surface area contributed by atoms with Gasteiger partial charge in [-0.3, -0.25) is 4.79 Å². The van der Waals surface area contributed by atoms with Gasteiger partial charge >= 0.3 is 5.97 Å². The summed E-state index contributed by atoms with van der Waals surface area (Å²) < 4.78 is 16.8. The Labute approximate surface area is 231 Å². The first-order valence-corrected chi connectivity index (χ1v) is 12.7. The molecule has 1 N–H and O–H groups in total. The smallest absolute Gasteiger partial charge is 0.337 e. The number of benzene rings is 3. The molecule has 1 amide bonds. The number of methoxy groups -OCH3 is 1. The molecule has 1 fully saturated rings. The average molecular weight is 559 g/mol. The van der Waals surface area contributed by atoms with E-state index >= 15 is 0 Å². The van der Waals surface area contributed by atoms with E-state index < -0.39 is 5.97 Å². The Morgan fingerprint density at radius 3 is 2.45 bits per heavy atom. The fourth-order valence-electron chi connectivity index (χ4n) is 4.28. The van der Waals surface area contributed by atoms with Crippen LogP contribution in [0.15, 0.2) is 54.6 Å². The van der Waals surface area contributed by atoms with Crippen LogP contribution >= 0.6 is 23.2 Å². The van der Waals surface area contributed by atoms with E-state index in [2.05, 4.69) is 0 Å². The van der Waals surface area contributed by atoms with Crippen LogP contribution in [0.4, 0.5) is 11.4 Å². The van der Waals surface area contributed by atoms with E-state index in [1.165, 1.54) is 25.0 Å². The Hall–Kier alpha value is -3.46. The van der Waals surface area contributed by atoms with E-state index in [1.807, 2.05) is 23.1 Å². The van der Waals surface area contributed by atoms with Gasteiger partial charge < -0.3 is 29.1 Å². The fourth-order valence-corrected chi connectivity index (χ4v) is 4.76. The highest BCUT2D eigenvalue weighted by molar-refractivity contribution is 6.32. The number of ether oxygens (including phenoxy) is 3. The molecule has 38 heavy (non-hydrogen) atoms. The molecule has 10 heteroatoms. The molecule has 0 radical (unpaired) electrons. The Balaban J connectivity index is 1.60. The highest BCUT2D eigenvalue weighted by atomic mass is 35.5. The molecule has 0 atom stereocenters. The summed E-state index contributed by atoms with van der Waals surface area (Å²) >= 11 is 12.8. The fraction of sp³-hybridized carbons (Fsp3) is 0.286. The number of carboxylic acid groups (broad SMARTS) is 1. The van der Waals surface area contributed by atoms with Gasteiger partial charge in [0.15, 0.2) is 11.5 Å². The molecule has 0 saturated carbocycles. The van der Waals surface area contributed by atoms with Crippen LogP contribution in [-0.2, 0) is 22.7 Å². The number of nitrogens with zero attached hydrogens (tertiary/aromatic N) is 2. The maximum Gasteiger partial charge on any atom is 0.337 e. The number of rotatable bonds is 9. The second-order valence-corrected chi connectivity index (χ2v) is 9.51. The summed E-state index contributed by atoms with van der Waals surface area (Å²) in [5.41, 5.74) is 2.66. The third kappa shape index (κ3) is 6.32. The van der Waals surface area contributed by atoms with Crippen molar-refractivity contribution in [3.63, 3.8) is 0 Å². The summed E-state index contributed by atoms with van der Waals surface area (Å²) in [4.78, 5) is 28.2. The standard InChI is InChI=1S/C28H28Cl2N2O6/c1-18(33)32(21-7-8-25(22(15-21)28(34)35)31-9-11-37-12-10-31)16-19-13-24(30)27(26(14-19)36-2)38-17-20-5-3-4-6-23(20)29/h3-8,13-15H,9-12,16-17H2,1-2H3,(H,34,35). The topological polar surface area (TPSA) is 88.5 Å². The van der Waals surface area contributed by atoms with Crippen molar-refractivity contribution in [1.29, 1.82) is 0 Å². The number of morpholine rings is 1. The van der Waals surface area contributed by atoms with Crippen LogP contribution in [0.3, 0.4) is 0 Å². The van der Waals surface area contributed by atoms with Crippen molar-refractivity contribution in [2.75, 3.05) is 43.2 Å². The number of halogens is 2. The average Bonchev–Trinajstić information content (AvgIpc) is 2.91. The van der Waals surface area contributed by atoms with Crippen LogP contribution in [0, 0.1) is 0 Å². The molecular formula is C28H28Cl2N2O6. The zero-order valence-electron chi connectivity index (χ0n) is 21.1. The Bertz CT molecular complexity index is 1330. The maximum atomic E-state index is 12.7. The maximum absolute atomic E-state index is 12.7. The minimum atomic E-state index is -1.07. The summed E-state index contributed by atoms with van der Waals surface area (Å²) in [6.07, 6.45) is 0. The lowest BCUT2D eigenvalue weighted by Gasteiger charge is -2.31. The van der Waals surface area contributed by atoms with Crippen LogP contribution in [0.1, 0.15) is 28.4 Å². The van der Waals surface area contributed by atoms with E-state index in [0.717, 1.165) is 5.56 Å². The molecule has 0 bridgehead atoms. The predicted octanol–water partition coefficient (Wildman–Crippen LogP) is 5.67.